The van der Waals surface area contributed by atoms with Crippen molar-refractivity contribution in [2.45, 2.75) is 114 Å². The normalized spacial score (nSPS) is 34.2. The lowest BCUT2D eigenvalue weighted by atomic mass is 9.73. The summed E-state index contributed by atoms with van der Waals surface area (Å²) in [5, 5.41) is 0. The Morgan fingerprint density at radius 1 is 0.794 bits per heavy atom. The molecule has 6 atom stereocenters. The lowest BCUT2D eigenvalue weighted by Crippen LogP contribution is -2.42. The maximum Gasteiger partial charge on any atom is 0.251 e. The molecule has 2 nitrogen and oxygen atoms in total. The van der Waals surface area contributed by atoms with E-state index in [1.807, 2.05) is 6.92 Å². The van der Waals surface area contributed by atoms with Crippen LogP contribution in [0.3, 0.4) is 0 Å². The third-order valence-corrected chi connectivity index (χ3v) is 8.49. The van der Waals surface area contributed by atoms with Crippen LogP contribution in [0.15, 0.2) is 12.1 Å². The van der Waals surface area contributed by atoms with Crippen molar-refractivity contribution in [2.24, 2.45) is 11.8 Å². The fourth-order valence-electron chi connectivity index (χ4n) is 6.47. The van der Waals surface area contributed by atoms with Crippen LogP contribution in [0.4, 0.5) is 17.6 Å². The van der Waals surface area contributed by atoms with Gasteiger partial charge in [-0.25, -0.2) is 17.6 Å². The summed E-state index contributed by atoms with van der Waals surface area (Å²) in [6.07, 6.45) is 7.52. The van der Waals surface area contributed by atoms with E-state index in [-0.39, 0.29) is 43.0 Å². The average Bonchev–Trinajstić information content (AvgIpc) is 2.83. The molecule has 1 saturated carbocycles. The molecule has 0 N–H and O–H groups in total. The molecule has 1 aromatic carbocycles. The summed E-state index contributed by atoms with van der Waals surface area (Å²) in [6, 6.07) is 3.41. The predicted molar refractivity (Wildman–Crippen MR) is 125 cm³/mol. The number of rotatable bonds is 7. The van der Waals surface area contributed by atoms with E-state index in [0.29, 0.717) is 43.4 Å². The molecule has 4 rings (SSSR count). The van der Waals surface area contributed by atoms with Crippen molar-refractivity contribution >= 4 is 0 Å². The fourth-order valence-corrected chi connectivity index (χ4v) is 6.47. The minimum Gasteiger partial charge on any atom is -0.378 e. The predicted octanol–water partition coefficient (Wildman–Crippen LogP) is 8.14. The molecule has 3 fully saturated rings. The van der Waals surface area contributed by atoms with Crippen LogP contribution in [0.2, 0.25) is 0 Å². The molecule has 0 aromatic heterocycles. The van der Waals surface area contributed by atoms with E-state index in [2.05, 4.69) is 6.92 Å². The summed E-state index contributed by atoms with van der Waals surface area (Å²) < 4.78 is 71.2. The van der Waals surface area contributed by atoms with Crippen LogP contribution in [0, 0.1) is 23.5 Å². The Morgan fingerprint density at radius 3 is 1.91 bits per heavy atom. The lowest BCUT2D eigenvalue weighted by Gasteiger charge is -2.41. The van der Waals surface area contributed by atoms with Crippen molar-refractivity contribution in [1.82, 2.24) is 0 Å². The zero-order chi connectivity index (χ0) is 24.3. The van der Waals surface area contributed by atoms with Gasteiger partial charge < -0.3 is 9.47 Å². The molecule has 0 amide bonds. The van der Waals surface area contributed by atoms with Gasteiger partial charge in [0, 0.05) is 24.2 Å². The van der Waals surface area contributed by atoms with Gasteiger partial charge in [0.25, 0.3) is 5.92 Å². The first-order valence-electron chi connectivity index (χ1n) is 13.4. The highest BCUT2D eigenvalue weighted by Gasteiger charge is 2.47. The molecule has 34 heavy (non-hydrogen) atoms. The van der Waals surface area contributed by atoms with E-state index in [1.54, 1.807) is 12.1 Å². The van der Waals surface area contributed by atoms with Crippen LogP contribution in [0.25, 0.3) is 0 Å². The highest BCUT2D eigenvalue weighted by molar-refractivity contribution is 5.32. The molecule has 6 heteroatoms. The molecule has 1 aliphatic carbocycles. The molecule has 2 heterocycles. The first-order chi connectivity index (χ1) is 16.3. The summed E-state index contributed by atoms with van der Waals surface area (Å²) in [5.74, 6) is -5.23. The Hall–Kier alpha value is -1.14. The molecule has 0 radical (unpaired) electrons. The largest absolute Gasteiger partial charge is 0.378 e. The van der Waals surface area contributed by atoms with Gasteiger partial charge in [-0.1, -0.05) is 38.8 Å². The van der Waals surface area contributed by atoms with Gasteiger partial charge in [0.15, 0.2) is 11.6 Å². The highest BCUT2D eigenvalue weighted by atomic mass is 19.3. The molecule has 192 valence electrons. The Balaban J connectivity index is 1.34. The fraction of sp³-hybridized carbons (Fsp3) is 0.786. The number of ether oxygens (including phenoxy) is 2. The van der Waals surface area contributed by atoms with Crippen LogP contribution in [-0.2, 0) is 9.47 Å². The SMILES string of the molecule is CCCC1CCC(c2ccc(C3CCC(C4CCC(CCC)C(F)(F)C4)OC3)c(F)c2F)CO1. The Labute approximate surface area is 201 Å². The second kappa shape index (κ2) is 11.3. The van der Waals surface area contributed by atoms with Gasteiger partial charge in [0.2, 0.25) is 0 Å². The Morgan fingerprint density at radius 2 is 1.41 bits per heavy atom. The summed E-state index contributed by atoms with van der Waals surface area (Å²) in [6.45, 7) is 4.76. The van der Waals surface area contributed by atoms with E-state index >= 15 is 8.78 Å². The molecule has 0 spiro atoms. The first kappa shape index (κ1) is 25.9. The van der Waals surface area contributed by atoms with Gasteiger partial charge in [0.05, 0.1) is 25.4 Å². The van der Waals surface area contributed by atoms with Crippen molar-refractivity contribution in [1.29, 1.82) is 0 Å². The van der Waals surface area contributed by atoms with Crippen LogP contribution in [-0.4, -0.2) is 31.3 Å². The second-order valence-electron chi connectivity index (χ2n) is 10.8. The summed E-state index contributed by atoms with van der Waals surface area (Å²) in [7, 11) is 0. The summed E-state index contributed by atoms with van der Waals surface area (Å²) in [4.78, 5) is 0. The Kier molecular flexibility index (Phi) is 8.61. The van der Waals surface area contributed by atoms with Crippen LogP contribution < -0.4 is 0 Å². The van der Waals surface area contributed by atoms with E-state index in [0.717, 1.165) is 38.5 Å². The molecular weight excluding hydrogens is 444 g/mol. The van der Waals surface area contributed by atoms with Crippen LogP contribution >= 0.6 is 0 Å². The zero-order valence-electron chi connectivity index (χ0n) is 20.6. The summed E-state index contributed by atoms with van der Waals surface area (Å²) >= 11 is 0. The molecule has 3 aliphatic rings. The van der Waals surface area contributed by atoms with E-state index < -0.39 is 23.5 Å². The molecule has 0 bridgehead atoms. The van der Waals surface area contributed by atoms with E-state index in [9.17, 15) is 8.78 Å². The monoisotopic (exact) mass is 484 g/mol. The number of benzene rings is 1. The van der Waals surface area contributed by atoms with Gasteiger partial charge in [-0.15, -0.1) is 0 Å². The average molecular weight is 485 g/mol. The molecular formula is C28H40F4O2. The second-order valence-corrected chi connectivity index (χ2v) is 10.8. The number of hydrogen-bond donors (Lipinski definition) is 0. The van der Waals surface area contributed by atoms with Gasteiger partial charge in [-0.2, -0.15) is 0 Å². The van der Waals surface area contributed by atoms with Crippen molar-refractivity contribution in [3.8, 4) is 0 Å². The van der Waals surface area contributed by atoms with Gasteiger partial charge in [0.1, 0.15) is 0 Å². The highest BCUT2D eigenvalue weighted by Crippen LogP contribution is 2.47. The molecule has 2 aliphatic heterocycles. The summed E-state index contributed by atoms with van der Waals surface area (Å²) in [5.41, 5.74) is 0.745. The Bertz CT molecular complexity index is 798. The van der Waals surface area contributed by atoms with Gasteiger partial charge >= 0.3 is 0 Å². The first-order valence-corrected chi connectivity index (χ1v) is 13.4. The van der Waals surface area contributed by atoms with Gasteiger partial charge in [-0.05, 0) is 68.4 Å². The third-order valence-electron chi connectivity index (χ3n) is 8.49. The number of hydrogen-bond acceptors (Lipinski definition) is 2. The molecule has 1 aromatic rings. The maximum atomic E-state index is 15.1. The van der Waals surface area contributed by atoms with Crippen molar-refractivity contribution in [3.05, 3.63) is 34.9 Å². The quantitative estimate of drug-likeness (QED) is 0.364. The van der Waals surface area contributed by atoms with Crippen LogP contribution in [0.1, 0.15) is 107 Å². The van der Waals surface area contributed by atoms with Gasteiger partial charge in [-0.3, -0.25) is 0 Å². The zero-order valence-corrected chi connectivity index (χ0v) is 20.6. The minimum atomic E-state index is -2.64. The van der Waals surface area contributed by atoms with E-state index in [1.165, 1.54) is 0 Å². The van der Waals surface area contributed by atoms with Crippen molar-refractivity contribution < 1.29 is 27.0 Å². The standard InChI is InChI=1S/C28H40F4O2/c1-3-5-21-10-7-18(15-28(21,31)32)25-14-9-20(17-34-25)24-13-12-23(26(29)27(24)30)19-8-11-22(6-4-2)33-16-19/h12-13,18-22,25H,3-11,14-17H2,1-2H3. The lowest BCUT2D eigenvalue weighted by molar-refractivity contribution is -0.136. The third kappa shape index (κ3) is 5.64. The number of alkyl halides is 2. The van der Waals surface area contributed by atoms with E-state index in [4.69, 9.17) is 9.47 Å². The minimum absolute atomic E-state index is 0.117. The molecule has 6 unspecified atom stereocenters. The van der Waals surface area contributed by atoms with Crippen molar-refractivity contribution in [3.63, 3.8) is 0 Å². The van der Waals surface area contributed by atoms with Crippen molar-refractivity contribution in [2.75, 3.05) is 13.2 Å². The van der Waals surface area contributed by atoms with Crippen LogP contribution in [0.5, 0.6) is 0 Å². The topological polar surface area (TPSA) is 18.5 Å². The number of halogens is 4. The smallest absolute Gasteiger partial charge is 0.251 e. The molecule has 2 saturated heterocycles. The maximum absolute atomic E-state index is 15.1.